The number of aromatic nitrogens is 1. The lowest BCUT2D eigenvalue weighted by atomic mass is 10.3. The van der Waals surface area contributed by atoms with Gasteiger partial charge in [0.05, 0.1) is 19.8 Å². The van der Waals surface area contributed by atoms with E-state index in [0.29, 0.717) is 25.6 Å². The first-order valence-electron chi connectivity index (χ1n) is 4.87. The van der Waals surface area contributed by atoms with E-state index in [1.807, 2.05) is 0 Å². The lowest BCUT2D eigenvalue weighted by molar-refractivity contribution is -0.142. The van der Waals surface area contributed by atoms with E-state index < -0.39 is 6.10 Å². The topological polar surface area (TPSA) is 60.5 Å². The Labute approximate surface area is 101 Å². The van der Waals surface area contributed by atoms with Crippen LogP contribution in [0.1, 0.15) is 0 Å². The minimum Gasteiger partial charge on any atom is -0.376 e. The van der Waals surface area contributed by atoms with Crippen LogP contribution in [0.5, 0.6) is 0 Å². The maximum absolute atomic E-state index is 11.7. The minimum atomic E-state index is -0.542. The van der Waals surface area contributed by atoms with Crippen molar-refractivity contribution in [3.8, 4) is 0 Å². The summed E-state index contributed by atoms with van der Waals surface area (Å²) in [4.78, 5) is 15.7. The molecule has 0 aromatic carbocycles. The molecule has 1 N–H and O–H groups in total. The first-order chi connectivity index (χ1) is 7.75. The van der Waals surface area contributed by atoms with Gasteiger partial charge in [0.2, 0.25) is 0 Å². The largest absolute Gasteiger partial charge is 0.376 e. The van der Waals surface area contributed by atoms with E-state index in [2.05, 4.69) is 26.2 Å². The van der Waals surface area contributed by atoms with Crippen molar-refractivity contribution in [3.05, 3.63) is 22.8 Å². The van der Waals surface area contributed by atoms with Crippen LogP contribution in [0, 0.1) is 0 Å². The minimum absolute atomic E-state index is 0.227. The summed E-state index contributed by atoms with van der Waals surface area (Å²) >= 11 is 3.27. The number of carbonyl (C=O) groups excluding carboxylic acids is 1. The number of nitrogens with zero attached hydrogens (tertiary/aromatic N) is 1. The Morgan fingerprint density at radius 1 is 1.50 bits per heavy atom. The van der Waals surface area contributed by atoms with Crippen molar-refractivity contribution in [1.82, 2.24) is 4.98 Å². The first-order valence-corrected chi connectivity index (χ1v) is 5.67. The van der Waals surface area contributed by atoms with Crippen molar-refractivity contribution in [3.63, 3.8) is 0 Å². The number of rotatable bonds is 2. The first kappa shape index (κ1) is 11.5. The zero-order valence-electron chi connectivity index (χ0n) is 8.48. The molecule has 0 spiro atoms. The third kappa shape index (κ3) is 3.01. The molecule has 0 radical (unpaired) electrons. The quantitative estimate of drug-likeness (QED) is 0.888. The van der Waals surface area contributed by atoms with Crippen LogP contribution in [0.3, 0.4) is 0 Å². The van der Waals surface area contributed by atoms with Crippen molar-refractivity contribution in [2.75, 3.05) is 25.1 Å². The smallest absolute Gasteiger partial charge is 0.257 e. The average molecular weight is 287 g/mol. The van der Waals surface area contributed by atoms with Crippen LogP contribution in [-0.4, -0.2) is 36.8 Å². The van der Waals surface area contributed by atoms with Crippen LogP contribution >= 0.6 is 15.9 Å². The summed E-state index contributed by atoms with van der Waals surface area (Å²) in [5, 5.41) is 2.66. The number of halogens is 1. The Hall–Kier alpha value is -0.980. The van der Waals surface area contributed by atoms with Crippen LogP contribution in [0.25, 0.3) is 0 Å². The van der Waals surface area contributed by atoms with Crippen molar-refractivity contribution < 1.29 is 14.3 Å². The lowest BCUT2D eigenvalue weighted by Crippen LogP contribution is -2.39. The molecule has 1 amide bonds. The summed E-state index contributed by atoms with van der Waals surface area (Å²) in [6, 6.07) is 3.52. The normalized spacial score (nSPS) is 20.4. The summed E-state index contributed by atoms with van der Waals surface area (Å²) in [6.07, 6.45) is 1.08. The highest BCUT2D eigenvalue weighted by molar-refractivity contribution is 9.10. The van der Waals surface area contributed by atoms with Crippen molar-refractivity contribution in [1.29, 1.82) is 0 Å². The van der Waals surface area contributed by atoms with Gasteiger partial charge in [-0.05, 0) is 28.1 Å². The molecule has 1 unspecified atom stereocenters. The van der Waals surface area contributed by atoms with E-state index in [9.17, 15) is 4.79 Å². The molecule has 1 aliphatic heterocycles. The van der Waals surface area contributed by atoms with E-state index in [-0.39, 0.29) is 5.91 Å². The molecule has 2 heterocycles. The molecule has 1 aromatic heterocycles. The molecule has 1 atom stereocenters. The van der Waals surface area contributed by atoms with Gasteiger partial charge < -0.3 is 14.8 Å². The summed E-state index contributed by atoms with van der Waals surface area (Å²) < 4.78 is 11.3. The van der Waals surface area contributed by atoms with E-state index >= 15 is 0 Å². The molecule has 1 aliphatic rings. The Morgan fingerprint density at radius 3 is 3.00 bits per heavy atom. The number of anilines is 1. The van der Waals surface area contributed by atoms with Gasteiger partial charge in [-0.2, -0.15) is 0 Å². The number of pyridine rings is 1. The Bertz CT molecular complexity index is 363. The van der Waals surface area contributed by atoms with Crippen molar-refractivity contribution >= 4 is 27.7 Å². The molecule has 6 heteroatoms. The number of nitrogens with one attached hydrogen (secondary N) is 1. The summed E-state index contributed by atoms with van der Waals surface area (Å²) in [5.41, 5.74) is 0. The SMILES string of the molecule is O=C(Nc1ccc(Br)cn1)C1COCCO1. The number of ether oxygens (including phenoxy) is 2. The Kier molecular flexibility index (Phi) is 3.87. The molecule has 2 rings (SSSR count). The highest BCUT2D eigenvalue weighted by Gasteiger charge is 2.22. The number of carbonyl (C=O) groups is 1. The second-order valence-corrected chi connectivity index (χ2v) is 4.20. The van der Waals surface area contributed by atoms with Gasteiger partial charge in [-0.25, -0.2) is 4.98 Å². The number of amides is 1. The Morgan fingerprint density at radius 2 is 2.38 bits per heavy atom. The summed E-state index contributed by atoms with van der Waals surface area (Å²) in [5.74, 6) is 0.275. The van der Waals surface area contributed by atoms with Gasteiger partial charge in [0.25, 0.3) is 5.91 Å². The van der Waals surface area contributed by atoms with Gasteiger partial charge >= 0.3 is 0 Å². The molecule has 1 fully saturated rings. The molecule has 0 saturated carbocycles. The van der Waals surface area contributed by atoms with E-state index in [1.165, 1.54) is 0 Å². The van der Waals surface area contributed by atoms with Gasteiger partial charge in [0.1, 0.15) is 5.82 Å². The van der Waals surface area contributed by atoms with Crippen LogP contribution in [0.4, 0.5) is 5.82 Å². The van der Waals surface area contributed by atoms with Crippen molar-refractivity contribution in [2.24, 2.45) is 0 Å². The Balaban J connectivity index is 1.93. The highest BCUT2D eigenvalue weighted by atomic mass is 79.9. The number of hydrogen-bond donors (Lipinski definition) is 1. The van der Waals surface area contributed by atoms with Gasteiger partial charge in [-0.3, -0.25) is 4.79 Å². The molecule has 1 aromatic rings. The fourth-order valence-corrected chi connectivity index (χ4v) is 1.53. The predicted octanol–water partition coefficient (Wildman–Crippen LogP) is 1.20. The predicted molar refractivity (Wildman–Crippen MR) is 61.1 cm³/mol. The van der Waals surface area contributed by atoms with Crippen LogP contribution in [-0.2, 0) is 14.3 Å². The third-order valence-corrected chi connectivity index (χ3v) is 2.56. The molecule has 1 saturated heterocycles. The summed E-state index contributed by atoms with van der Waals surface area (Å²) in [6.45, 7) is 1.29. The molecule has 16 heavy (non-hydrogen) atoms. The molecule has 0 bridgehead atoms. The molecular weight excluding hydrogens is 276 g/mol. The number of hydrogen-bond acceptors (Lipinski definition) is 4. The molecular formula is C10H11BrN2O3. The lowest BCUT2D eigenvalue weighted by Gasteiger charge is -2.21. The maximum atomic E-state index is 11.7. The summed E-state index contributed by atoms with van der Waals surface area (Å²) in [7, 11) is 0. The van der Waals surface area contributed by atoms with Crippen molar-refractivity contribution in [2.45, 2.75) is 6.10 Å². The second-order valence-electron chi connectivity index (χ2n) is 3.29. The van der Waals surface area contributed by atoms with E-state index in [4.69, 9.17) is 9.47 Å². The van der Waals surface area contributed by atoms with Crippen LogP contribution in [0.15, 0.2) is 22.8 Å². The van der Waals surface area contributed by atoms with Crippen LogP contribution < -0.4 is 5.32 Å². The zero-order chi connectivity index (χ0) is 11.4. The fourth-order valence-electron chi connectivity index (χ4n) is 1.30. The third-order valence-electron chi connectivity index (χ3n) is 2.09. The monoisotopic (exact) mass is 286 g/mol. The standard InChI is InChI=1S/C10H11BrN2O3/c11-7-1-2-9(12-5-7)13-10(14)8-6-15-3-4-16-8/h1-2,5,8H,3-4,6H2,(H,12,13,14). The maximum Gasteiger partial charge on any atom is 0.257 e. The molecule has 5 nitrogen and oxygen atoms in total. The second kappa shape index (κ2) is 5.38. The average Bonchev–Trinajstić information content (AvgIpc) is 2.33. The van der Waals surface area contributed by atoms with E-state index in [1.54, 1.807) is 18.3 Å². The van der Waals surface area contributed by atoms with Gasteiger partial charge in [-0.1, -0.05) is 0 Å². The van der Waals surface area contributed by atoms with Crippen LogP contribution in [0.2, 0.25) is 0 Å². The fraction of sp³-hybridized carbons (Fsp3) is 0.400. The van der Waals surface area contributed by atoms with Gasteiger partial charge in [0, 0.05) is 10.7 Å². The zero-order valence-corrected chi connectivity index (χ0v) is 10.1. The molecule has 86 valence electrons. The van der Waals surface area contributed by atoms with Gasteiger partial charge in [-0.15, -0.1) is 0 Å². The van der Waals surface area contributed by atoms with E-state index in [0.717, 1.165) is 4.47 Å². The van der Waals surface area contributed by atoms with Gasteiger partial charge in [0.15, 0.2) is 6.10 Å². The highest BCUT2D eigenvalue weighted by Crippen LogP contribution is 2.11. The molecule has 0 aliphatic carbocycles.